The van der Waals surface area contributed by atoms with Crippen molar-refractivity contribution in [2.75, 3.05) is 5.75 Å². The number of carbonyl (C=O) groups excluding carboxylic acids is 2. The third-order valence-corrected chi connectivity index (χ3v) is 5.89. The summed E-state index contributed by atoms with van der Waals surface area (Å²) >= 11 is 1.16. The van der Waals surface area contributed by atoms with Gasteiger partial charge in [-0.25, -0.2) is 4.79 Å². The summed E-state index contributed by atoms with van der Waals surface area (Å²) in [6.45, 7) is -0.738. The molecule has 4 nitrogen and oxygen atoms in total. The fraction of sp³-hybridized carbons (Fsp3) is 0.304. The van der Waals surface area contributed by atoms with Crippen LogP contribution in [0, 0.1) is 5.92 Å². The molecule has 2 aromatic rings. The maximum absolute atomic E-state index is 12.8. The summed E-state index contributed by atoms with van der Waals surface area (Å²) < 4.78 is 87.1. The van der Waals surface area contributed by atoms with Gasteiger partial charge in [0.15, 0.2) is 0 Å². The lowest BCUT2D eigenvalue weighted by Gasteiger charge is -2.20. The van der Waals surface area contributed by atoms with Crippen molar-refractivity contribution >= 4 is 23.7 Å². The second-order valence-corrected chi connectivity index (χ2v) is 8.36. The van der Waals surface area contributed by atoms with Gasteiger partial charge in [0.25, 0.3) is 0 Å². The van der Waals surface area contributed by atoms with Crippen LogP contribution in [-0.4, -0.2) is 17.7 Å². The molecule has 0 saturated carbocycles. The van der Waals surface area contributed by atoms with Crippen molar-refractivity contribution in [3.8, 4) is 0 Å². The topological polar surface area (TPSA) is 52.6 Å². The van der Waals surface area contributed by atoms with Crippen LogP contribution in [-0.2, 0) is 44.6 Å². The number of alkyl halides is 6. The van der Waals surface area contributed by atoms with Gasteiger partial charge in [0, 0.05) is 11.3 Å². The van der Waals surface area contributed by atoms with E-state index < -0.39 is 41.3 Å². The number of halogens is 6. The fourth-order valence-corrected chi connectivity index (χ4v) is 4.09. The van der Waals surface area contributed by atoms with E-state index in [9.17, 15) is 35.9 Å². The van der Waals surface area contributed by atoms with Crippen molar-refractivity contribution in [2.45, 2.75) is 32.0 Å². The van der Waals surface area contributed by atoms with Gasteiger partial charge in [0.2, 0.25) is 0 Å². The number of thioether (sulfide) groups is 1. The molecule has 3 rings (SSSR count). The second-order valence-electron chi connectivity index (χ2n) is 7.46. The van der Waals surface area contributed by atoms with Gasteiger partial charge in [-0.05, 0) is 47.2 Å². The molecule has 0 fully saturated rings. The molecule has 0 bridgehead atoms. The van der Waals surface area contributed by atoms with Crippen molar-refractivity contribution in [1.82, 2.24) is 0 Å². The molecule has 0 spiro atoms. The quantitative estimate of drug-likeness (QED) is 0.349. The SMILES string of the molecule is O=C(OCc1cccc(C(F)(F)F)c1)C1=CSC[C@@H](C(=O)OCc2cccc(C(F)(F)F)c2)C1. The highest BCUT2D eigenvalue weighted by Crippen LogP contribution is 2.32. The molecule has 1 atom stereocenters. The predicted octanol–water partition coefficient (Wildman–Crippen LogP) is 6.15. The molecule has 1 aliphatic heterocycles. The lowest BCUT2D eigenvalue weighted by molar-refractivity contribution is -0.149. The molecule has 2 aromatic carbocycles. The highest BCUT2D eigenvalue weighted by molar-refractivity contribution is 8.02. The van der Waals surface area contributed by atoms with Crippen molar-refractivity contribution in [3.05, 3.63) is 81.8 Å². The molecule has 11 heteroatoms. The molecule has 1 heterocycles. The maximum Gasteiger partial charge on any atom is 0.416 e. The van der Waals surface area contributed by atoms with Crippen LogP contribution < -0.4 is 0 Å². The molecular formula is C23H18F6O4S. The number of esters is 2. The zero-order valence-electron chi connectivity index (χ0n) is 17.4. The van der Waals surface area contributed by atoms with E-state index in [4.69, 9.17) is 9.47 Å². The van der Waals surface area contributed by atoms with Crippen LogP contribution in [0.2, 0.25) is 0 Å². The Morgan fingerprint density at radius 1 is 0.853 bits per heavy atom. The van der Waals surface area contributed by atoms with E-state index in [0.29, 0.717) is 5.75 Å². The van der Waals surface area contributed by atoms with Crippen LogP contribution in [0.15, 0.2) is 59.5 Å². The first-order valence-corrected chi connectivity index (χ1v) is 10.9. The summed E-state index contributed by atoms with van der Waals surface area (Å²) in [5.74, 6) is -1.88. The Hall–Kier alpha value is -2.95. The molecule has 0 amide bonds. The van der Waals surface area contributed by atoms with Crippen LogP contribution in [0.5, 0.6) is 0 Å². The molecular weight excluding hydrogens is 486 g/mol. The van der Waals surface area contributed by atoms with Gasteiger partial charge in [0.1, 0.15) is 13.2 Å². The van der Waals surface area contributed by atoms with E-state index in [1.165, 1.54) is 29.7 Å². The Labute approximate surface area is 194 Å². The van der Waals surface area contributed by atoms with E-state index >= 15 is 0 Å². The molecule has 0 unspecified atom stereocenters. The standard InChI is InChI=1S/C23H18F6O4S/c24-22(25,26)18-5-1-3-14(7-18)10-32-20(30)16-9-17(13-34-12-16)21(31)33-11-15-4-2-6-19(8-15)23(27,28)29/h1-8,12,17H,9-11,13H2/t17-/m0/s1. The summed E-state index contributed by atoms with van der Waals surface area (Å²) in [5, 5.41) is 1.51. The van der Waals surface area contributed by atoms with Gasteiger partial charge < -0.3 is 9.47 Å². The molecule has 34 heavy (non-hydrogen) atoms. The van der Waals surface area contributed by atoms with Crippen LogP contribution in [0.25, 0.3) is 0 Å². The lowest BCUT2D eigenvalue weighted by Crippen LogP contribution is -2.25. The predicted molar refractivity (Wildman–Crippen MR) is 111 cm³/mol. The van der Waals surface area contributed by atoms with Gasteiger partial charge in [-0.3, -0.25) is 4.79 Å². The van der Waals surface area contributed by atoms with E-state index in [0.717, 1.165) is 36.0 Å². The maximum atomic E-state index is 12.8. The van der Waals surface area contributed by atoms with E-state index in [-0.39, 0.29) is 36.3 Å². The van der Waals surface area contributed by atoms with Crippen molar-refractivity contribution in [2.24, 2.45) is 5.92 Å². The van der Waals surface area contributed by atoms with Gasteiger partial charge in [0.05, 0.1) is 17.0 Å². The lowest BCUT2D eigenvalue weighted by atomic mass is 10.0. The third-order valence-electron chi connectivity index (χ3n) is 4.84. The van der Waals surface area contributed by atoms with Gasteiger partial charge >= 0.3 is 24.3 Å². The number of hydrogen-bond donors (Lipinski definition) is 0. The third kappa shape index (κ3) is 7.02. The van der Waals surface area contributed by atoms with E-state index in [1.807, 2.05) is 0 Å². The number of hydrogen-bond acceptors (Lipinski definition) is 5. The van der Waals surface area contributed by atoms with Crippen molar-refractivity contribution in [3.63, 3.8) is 0 Å². The van der Waals surface area contributed by atoms with Crippen LogP contribution >= 0.6 is 11.8 Å². The Morgan fingerprint density at radius 2 is 1.38 bits per heavy atom. The number of ether oxygens (including phenoxy) is 2. The first-order chi connectivity index (χ1) is 15.9. The zero-order valence-corrected chi connectivity index (χ0v) is 18.2. The molecule has 0 aliphatic carbocycles. The van der Waals surface area contributed by atoms with Crippen LogP contribution in [0.1, 0.15) is 28.7 Å². The summed E-state index contributed by atoms with van der Waals surface area (Å²) in [5.41, 5.74) is -1.24. The summed E-state index contributed by atoms with van der Waals surface area (Å²) in [6, 6.07) is 8.79. The number of benzene rings is 2. The van der Waals surface area contributed by atoms with E-state index in [1.54, 1.807) is 0 Å². The highest BCUT2D eigenvalue weighted by atomic mass is 32.2. The average Bonchev–Trinajstić information content (AvgIpc) is 2.80. The number of rotatable bonds is 6. The van der Waals surface area contributed by atoms with Crippen molar-refractivity contribution < 1.29 is 45.4 Å². The second kappa shape index (κ2) is 10.5. The molecule has 182 valence electrons. The minimum absolute atomic E-state index is 0.0180. The largest absolute Gasteiger partial charge is 0.461 e. The van der Waals surface area contributed by atoms with Crippen LogP contribution in [0.4, 0.5) is 26.3 Å². The fourth-order valence-electron chi connectivity index (χ4n) is 3.11. The first kappa shape index (κ1) is 25.7. The molecule has 1 aliphatic rings. The normalized spacial score (nSPS) is 16.5. The number of carbonyl (C=O) groups is 2. The van der Waals surface area contributed by atoms with Gasteiger partial charge in [-0.1, -0.05) is 24.3 Å². The molecule has 0 saturated heterocycles. The molecule has 0 aromatic heterocycles. The summed E-state index contributed by atoms with van der Waals surface area (Å²) in [7, 11) is 0. The zero-order chi connectivity index (χ0) is 24.9. The minimum Gasteiger partial charge on any atom is -0.461 e. The van der Waals surface area contributed by atoms with Gasteiger partial charge in [-0.2, -0.15) is 26.3 Å². The summed E-state index contributed by atoms with van der Waals surface area (Å²) in [6.07, 6.45) is -9.06. The summed E-state index contributed by atoms with van der Waals surface area (Å²) in [4.78, 5) is 24.7. The van der Waals surface area contributed by atoms with Crippen LogP contribution in [0.3, 0.4) is 0 Å². The van der Waals surface area contributed by atoms with E-state index in [2.05, 4.69) is 0 Å². The Morgan fingerprint density at radius 3 is 1.91 bits per heavy atom. The van der Waals surface area contributed by atoms with Gasteiger partial charge in [-0.15, -0.1) is 11.8 Å². The van der Waals surface area contributed by atoms with Crippen molar-refractivity contribution in [1.29, 1.82) is 0 Å². The monoisotopic (exact) mass is 504 g/mol. The molecule has 0 N–H and O–H groups in total. The Bertz CT molecular complexity index is 1080. The molecule has 0 radical (unpaired) electrons. The Balaban J connectivity index is 1.53. The first-order valence-electron chi connectivity index (χ1n) is 9.90. The smallest absolute Gasteiger partial charge is 0.416 e. The Kier molecular flexibility index (Phi) is 7.96. The minimum atomic E-state index is -4.52. The average molecular weight is 504 g/mol. The highest BCUT2D eigenvalue weighted by Gasteiger charge is 2.32.